The first-order valence-corrected chi connectivity index (χ1v) is 8.07. The summed E-state index contributed by atoms with van der Waals surface area (Å²) in [7, 11) is 0. The van der Waals surface area contributed by atoms with Gasteiger partial charge in [0.25, 0.3) is 0 Å². The third-order valence-corrected chi connectivity index (χ3v) is 3.94. The molecule has 21 heavy (non-hydrogen) atoms. The summed E-state index contributed by atoms with van der Waals surface area (Å²) in [6, 6.07) is 2.10. The molecule has 1 saturated heterocycles. The van der Waals surface area contributed by atoms with E-state index in [9.17, 15) is 0 Å². The van der Waals surface area contributed by atoms with Crippen LogP contribution in [0, 0.1) is 5.92 Å². The molecule has 1 aliphatic rings. The van der Waals surface area contributed by atoms with E-state index >= 15 is 0 Å². The Balaban J connectivity index is 2.11. The average molecular weight is 291 g/mol. The van der Waals surface area contributed by atoms with Crippen LogP contribution >= 0.6 is 0 Å². The third-order valence-electron chi connectivity index (χ3n) is 3.94. The average Bonchev–Trinajstić information content (AvgIpc) is 2.45. The number of aromatic nitrogens is 2. The molecular weight excluding hydrogens is 262 g/mol. The monoisotopic (exact) mass is 291 g/mol. The second-order valence-electron chi connectivity index (χ2n) is 7.34. The molecule has 0 bridgehead atoms. The Bertz CT molecular complexity index is 460. The van der Waals surface area contributed by atoms with Gasteiger partial charge in [0.15, 0.2) is 0 Å². The van der Waals surface area contributed by atoms with E-state index in [4.69, 9.17) is 9.72 Å². The molecule has 0 aliphatic carbocycles. The zero-order valence-electron chi connectivity index (χ0n) is 14.1. The Morgan fingerprint density at radius 2 is 1.90 bits per heavy atom. The fraction of sp³-hybridized carbons (Fsp3) is 0.765. The molecule has 0 unspecified atom stereocenters. The van der Waals surface area contributed by atoms with Gasteiger partial charge in [-0.05, 0) is 18.8 Å². The van der Waals surface area contributed by atoms with Crippen molar-refractivity contribution in [1.82, 2.24) is 9.97 Å². The molecule has 0 amide bonds. The lowest BCUT2D eigenvalue weighted by Crippen LogP contribution is -2.24. The van der Waals surface area contributed by atoms with Crippen LogP contribution in [-0.2, 0) is 10.2 Å². The maximum Gasteiger partial charge on any atom is 0.133 e. The number of ether oxygens (including phenoxy) is 1. The molecule has 2 heterocycles. The van der Waals surface area contributed by atoms with Crippen LogP contribution in [0.3, 0.4) is 0 Å². The zero-order chi connectivity index (χ0) is 15.5. The molecule has 4 heteroatoms. The van der Waals surface area contributed by atoms with Crippen molar-refractivity contribution >= 4 is 5.82 Å². The fourth-order valence-electron chi connectivity index (χ4n) is 2.40. The quantitative estimate of drug-likeness (QED) is 0.918. The number of hydrogen-bond acceptors (Lipinski definition) is 4. The summed E-state index contributed by atoms with van der Waals surface area (Å²) in [6.07, 6.45) is 2.28. The Kier molecular flexibility index (Phi) is 5.20. The van der Waals surface area contributed by atoms with Crippen LogP contribution in [0.5, 0.6) is 0 Å². The van der Waals surface area contributed by atoms with Crippen LogP contribution in [0.25, 0.3) is 0 Å². The van der Waals surface area contributed by atoms with Gasteiger partial charge in [-0.2, -0.15) is 0 Å². The Morgan fingerprint density at radius 1 is 1.24 bits per heavy atom. The van der Waals surface area contributed by atoms with Crippen molar-refractivity contribution in [2.24, 2.45) is 5.92 Å². The molecule has 2 rings (SSSR count). The summed E-state index contributed by atoms with van der Waals surface area (Å²) in [6.45, 7) is 13.6. The third kappa shape index (κ3) is 4.67. The Hall–Kier alpha value is -1.16. The van der Waals surface area contributed by atoms with Crippen molar-refractivity contribution in [2.45, 2.75) is 58.8 Å². The highest BCUT2D eigenvalue weighted by Crippen LogP contribution is 2.25. The molecule has 1 aromatic heterocycles. The SMILES string of the molecule is CC(C)c1nc(NCC2CCOCC2)cc(C(C)(C)C)n1. The molecule has 118 valence electrons. The summed E-state index contributed by atoms with van der Waals surface area (Å²) in [4.78, 5) is 9.41. The van der Waals surface area contributed by atoms with Crippen molar-refractivity contribution in [1.29, 1.82) is 0 Å². The molecule has 0 atom stereocenters. The highest BCUT2D eigenvalue weighted by Gasteiger charge is 2.20. The van der Waals surface area contributed by atoms with Crippen LogP contribution < -0.4 is 5.32 Å². The van der Waals surface area contributed by atoms with Crippen LogP contribution in [0.4, 0.5) is 5.82 Å². The van der Waals surface area contributed by atoms with E-state index in [1.54, 1.807) is 0 Å². The lowest BCUT2D eigenvalue weighted by molar-refractivity contribution is 0.0699. The van der Waals surface area contributed by atoms with E-state index in [1.807, 2.05) is 0 Å². The fourth-order valence-corrected chi connectivity index (χ4v) is 2.40. The van der Waals surface area contributed by atoms with Crippen molar-refractivity contribution in [3.8, 4) is 0 Å². The number of anilines is 1. The normalized spacial score (nSPS) is 17.2. The Labute approximate surface area is 128 Å². The van der Waals surface area contributed by atoms with Crippen LogP contribution in [-0.4, -0.2) is 29.7 Å². The molecule has 4 nitrogen and oxygen atoms in total. The summed E-state index contributed by atoms with van der Waals surface area (Å²) in [5, 5.41) is 3.52. The maximum absolute atomic E-state index is 5.41. The lowest BCUT2D eigenvalue weighted by atomic mass is 9.91. The van der Waals surface area contributed by atoms with Gasteiger partial charge in [-0.25, -0.2) is 9.97 Å². The molecule has 1 fully saturated rings. The first kappa shape index (κ1) is 16.2. The number of rotatable bonds is 4. The molecule has 0 saturated carbocycles. The molecular formula is C17H29N3O. The van der Waals surface area contributed by atoms with E-state index in [1.165, 1.54) is 0 Å². The highest BCUT2D eigenvalue weighted by molar-refractivity contribution is 5.38. The summed E-state index contributed by atoms with van der Waals surface area (Å²) in [5.74, 6) is 2.92. The van der Waals surface area contributed by atoms with Crippen molar-refractivity contribution < 1.29 is 4.74 Å². The second kappa shape index (κ2) is 6.73. The van der Waals surface area contributed by atoms with Gasteiger partial charge in [-0.1, -0.05) is 34.6 Å². The molecule has 0 aromatic carbocycles. The van der Waals surface area contributed by atoms with Gasteiger partial charge < -0.3 is 10.1 Å². The van der Waals surface area contributed by atoms with Gasteiger partial charge in [0.2, 0.25) is 0 Å². The standard InChI is InChI=1S/C17H29N3O/c1-12(2)16-19-14(17(3,4)5)10-15(20-16)18-11-13-6-8-21-9-7-13/h10,12-13H,6-9,11H2,1-5H3,(H,18,19,20). The van der Waals surface area contributed by atoms with Crippen LogP contribution in [0.2, 0.25) is 0 Å². The molecule has 0 spiro atoms. The number of hydrogen-bond donors (Lipinski definition) is 1. The van der Waals surface area contributed by atoms with E-state index in [2.05, 4.69) is 51.0 Å². The molecule has 1 aliphatic heterocycles. The van der Waals surface area contributed by atoms with Gasteiger partial charge in [0.1, 0.15) is 11.6 Å². The predicted octanol–water partition coefficient (Wildman–Crippen LogP) is 3.74. The van der Waals surface area contributed by atoms with Crippen molar-refractivity contribution in [2.75, 3.05) is 25.1 Å². The van der Waals surface area contributed by atoms with E-state index in [-0.39, 0.29) is 5.41 Å². The van der Waals surface area contributed by atoms with Gasteiger partial charge in [-0.15, -0.1) is 0 Å². The molecule has 1 N–H and O–H groups in total. The van der Waals surface area contributed by atoms with E-state index in [0.717, 1.165) is 49.9 Å². The highest BCUT2D eigenvalue weighted by atomic mass is 16.5. The largest absolute Gasteiger partial charge is 0.381 e. The van der Waals surface area contributed by atoms with Crippen LogP contribution in [0.1, 0.15) is 64.9 Å². The van der Waals surface area contributed by atoms with Crippen molar-refractivity contribution in [3.05, 3.63) is 17.6 Å². The van der Waals surface area contributed by atoms with E-state index < -0.39 is 0 Å². The minimum Gasteiger partial charge on any atom is -0.381 e. The topological polar surface area (TPSA) is 47.0 Å². The van der Waals surface area contributed by atoms with Crippen molar-refractivity contribution in [3.63, 3.8) is 0 Å². The van der Waals surface area contributed by atoms with Gasteiger partial charge in [-0.3, -0.25) is 0 Å². The minimum absolute atomic E-state index is 0.0433. The van der Waals surface area contributed by atoms with Gasteiger partial charge in [0.05, 0.1) is 5.69 Å². The first-order chi connectivity index (χ1) is 9.86. The second-order valence-corrected chi connectivity index (χ2v) is 7.34. The van der Waals surface area contributed by atoms with E-state index in [0.29, 0.717) is 11.8 Å². The number of nitrogens with zero attached hydrogens (tertiary/aromatic N) is 2. The summed E-state index contributed by atoms with van der Waals surface area (Å²) >= 11 is 0. The lowest BCUT2D eigenvalue weighted by Gasteiger charge is -2.24. The molecule has 1 aromatic rings. The molecule has 0 radical (unpaired) electrons. The minimum atomic E-state index is 0.0433. The first-order valence-electron chi connectivity index (χ1n) is 8.07. The van der Waals surface area contributed by atoms with Gasteiger partial charge >= 0.3 is 0 Å². The number of nitrogens with one attached hydrogen (secondary N) is 1. The smallest absolute Gasteiger partial charge is 0.133 e. The maximum atomic E-state index is 5.41. The zero-order valence-corrected chi connectivity index (χ0v) is 14.1. The van der Waals surface area contributed by atoms with Gasteiger partial charge in [0, 0.05) is 37.2 Å². The summed E-state index contributed by atoms with van der Waals surface area (Å²) < 4.78 is 5.41. The van der Waals surface area contributed by atoms with Crippen LogP contribution in [0.15, 0.2) is 6.07 Å². The predicted molar refractivity (Wildman–Crippen MR) is 86.9 cm³/mol. The summed E-state index contributed by atoms with van der Waals surface area (Å²) in [5.41, 5.74) is 1.15. The Morgan fingerprint density at radius 3 is 2.48 bits per heavy atom.